The standard InChI is InChI=1S/C12H15ClN4O2/c1-3-8(2)14-12(18)7-19-17-11-6-9(13)4-5-10(11)15-16-17/h4-6,8H,3,7H2,1-2H3,(H,14,18)/t8-/m0/s1. The van der Waals surface area contributed by atoms with Crippen LogP contribution >= 0.6 is 11.6 Å². The summed E-state index contributed by atoms with van der Waals surface area (Å²) in [6.45, 7) is 3.82. The van der Waals surface area contributed by atoms with Crippen LogP contribution in [0, 0.1) is 0 Å². The second-order valence-electron chi connectivity index (χ2n) is 4.25. The molecule has 1 aromatic carbocycles. The molecule has 0 unspecified atom stereocenters. The van der Waals surface area contributed by atoms with Crippen LogP contribution in [-0.2, 0) is 4.79 Å². The smallest absolute Gasteiger partial charge is 0.260 e. The number of amides is 1. The number of carbonyl (C=O) groups is 1. The largest absolute Gasteiger partial charge is 0.385 e. The average Bonchev–Trinajstić information content (AvgIpc) is 2.78. The predicted molar refractivity (Wildman–Crippen MR) is 71.9 cm³/mol. The summed E-state index contributed by atoms with van der Waals surface area (Å²) in [4.78, 5) is 18.1. The number of nitrogens with one attached hydrogen (secondary N) is 1. The molecule has 2 rings (SSSR count). The lowest BCUT2D eigenvalue weighted by Crippen LogP contribution is -2.37. The van der Waals surface area contributed by atoms with Crippen LogP contribution in [-0.4, -0.2) is 33.7 Å². The SMILES string of the molecule is CC[C@H](C)NC(=O)COn1nnc2ccc(Cl)cc21. The van der Waals surface area contributed by atoms with Crippen LogP contribution in [0.1, 0.15) is 20.3 Å². The zero-order valence-electron chi connectivity index (χ0n) is 10.8. The third-order valence-electron chi connectivity index (χ3n) is 2.71. The molecule has 1 N–H and O–H groups in total. The van der Waals surface area contributed by atoms with Crippen LogP contribution in [0.4, 0.5) is 0 Å². The number of hydrogen-bond donors (Lipinski definition) is 1. The Kier molecular flexibility index (Phi) is 4.21. The number of rotatable bonds is 5. The van der Waals surface area contributed by atoms with E-state index in [-0.39, 0.29) is 18.6 Å². The van der Waals surface area contributed by atoms with Crippen molar-refractivity contribution in [2.24, 2.45) is 0 Å². The van der Waals surface area contributed by atoms with E-state index < -0.39 is 0 Å². The normalized spacial score (nSPS) is 12.4. The van der Waals surface area contributed by atoms with E-state index in [1.807, 2.05) is 13.8 Å². The molecule has 2 aromatic rings. The van der Waals surface area contributed by atoms with Gasteiger partial charge in [-0.25, -0.2) is 0 Å². The highest BCUT2D eigenvalue weighted by molar-refractivity contribution is 6.31. The van der Waals surface area contributed by atoms with Gasteiger partial charge in [-0.2, -0.15) is 0 Å². The lowest BCUT2D eigenvalue weighted by molar-refractivity contribution is -0.126. The van der Waals surface area contributed by atoms with E-state index in [9.17, 15) is 4.79 Å². The molecule has 1 heterocycles. The fourth-order valence-electron chi connectivity index (χ4n) is 1.51. The second kappa shape index (κ2) is 5.88. The van der Waals surface area contributed by atoms with Crippen LogP contribution in [0.25, 0.3) is 11.0 Å². The molecule has 0 aliphatic rings. The summed E-state index contributed by atoms with van der Waals surface area (Å²) in [5.41, 5.74) is 1.29. The number of halogens is 1. The maximum absolute atomic E-state index is 11.6. The number of aromatic nitrogens is 3. The summed E-state index contributed by atoms with van der Waals surface area (Å²) in [5.74, 6) is -0.194. The van der Waals surface area contributed by atoms with Crippen molar-refractivity contribution in [1.29, 1.82) is 0 Å². The highest BCUT2D eigenvalue weighted by Crippen LogP contribution is 2.16. The Morgan fingerprint density at radius 3 is 3.11 bits per heavy atom. The van der Waals surface area contributed by atoms with Gasteiger partial charge in [-0.1, -0.05) is 23.4 Å². The molecular weight excluding hydrogens is 268 g/mol. The van der Waals surface area contributed by atoms with Gasteiger partial charge in [0.1, 0.15) is 11.0 Å². The summed E-state index contributed by atoms with van der Waals surface area (Å²) in [7, 11) is 0. The van der Waals surface area contributed by atoms with Gasteiger partial charge in [-0.05, 0) is 36.8 Å². The van der Waals surface area contributed by atoms with Gasteiger partial charge in [-0.3, -0.25) is 4.79 Å². The van der Waals surface area contributed by atoms with Gasteiger partial charge in [0, 0.05) is 11.1 Å². The minimum Gasteiger partial charge on any atom is -0.385 e. The molecule has 6 nitrogen and oxygen atoms in total. The molecule has 1 aromatic heterocycles. The first kappa shape index (κ1) is 13.6. The molecule has 19 heavy (non-hydrogen) atoms. The van der Waals surface area contributed by atoms with E-state index >= 15 is 0 Å². The van der Waals surface area contributed by atoms with Gasteiger partial charge >= 0.3 is 0 Å². The van der Waals surface area contributed by atoms with Gasteiger partial charge in [0.2, 0.25) is 0 Å². The van der Waals surface area contributed by atoms with Gasteiger partial charge in [0.05, 0.1) is 0 Å². The zero-order valence-corrected chi connectivity index (χ0v) is 11.5. The predicted octanol–water partition coefficient (Wildman–Crippen LogP) is 1.43. The third kappa shape index (κ3) is 3.35. The van der Waals surface area contributed by atoms with Crippen LogP contribution in [0.2, 0.25) is 5.02 Å². The van der Waals surface area contributed by atoms with E-state index in [1.165, 1.54) is 4.85 Å². The van der Waals surface area contributed by atoms with Gasteiger partial charge in [-0.15, -0.1) is 5.10 Å². The van der Waals surface area contributed by atoms with Crippen molar-refractivity contribution in [2.75, 3.05) is 6.61 Å². The summed E-state index contributed by atoms with van der Waals surface area (Å²) in [6.07, 6.45) is 0.869. The maximum Gasteiger partial charge on any atom is 0.260 e. The number of carbonyl (C=O) groups excluding carboxylic acids is 1. The Labute approximate surface area is 115 Å². The van der Waals surface area contributed by atoms with Crippen LogP contribution < -0.4 is 10.2 Å². The molecule has 0 aliphatic carbocycles. The monoisotopic (exact) mass is 282 g/mol. The van der Waals surface area contributed by atoms with Gasteiger partial charge in [0.15, 0.2) is 6.61 Å². The molecular formula is C12H15ClN4O2. The van der Waals surface area contributed by atoms with E-state index in [4.69, 9.17) is 16.4 Å². The molecule has 0 spiro atoms. The second-order valence-corrected chi connectivity index (χ2v) is 4.68. The van der Waals surface area contributed by atoms with Crippen molar-refractivity contribution in [1.82, 2.24) is 20.5 Å². The number of nitrogens with zero attached hydrogens (tertiary/aromatic N) is 3. The first-order chi connectivity index (χ1) is 9.10. The number of hydrogen-bond acceptors (Lipinski definition) is 4. The fraction of sp³-hybridized carbons (Fsp3) is 0.417. The Bertz CT molecular complexity index is 584. The molecule has 102 valence electrons. The van der Waals surface area contributed by atoms with Crippen molar-refractivity contribution in [3.63, 3.8) is 0 Å². The van der Waals surface area contributed by atoms with E-state index in [0.29, 0.717) is 16.1 Å². The average molecular weight is 283 g/mol. The van der Waals surface area contributed by atoms with Crippen molar-refractivity contribution in [3.05, 3.63) is 23.2 Å². The van der Waals surface area contributed by atoms with Crippen molar-refractivity contribution >= 4 is 28.5 Å². The zero-order chi connectivity index (χ0) is 13.8. The number of fused-ring (bicyclic) bond motifs is 1. The fourth-order valence-corrected chi connectivity index (χ4v) is 1.67. The molecule has 0 saturated carbocycles. The number of benzene rings is 1. The summed E-state index contributed by atoms with van der Waals surface area (Å²) in [6, 6.07) is 5.27. The molecule has 0 bridgehead atoms. The highest BCUT2D eigenvalue weighted by Gasteiger charge is 2.09. The van der Waals surface area contributed by atoms with Crippen molar-refractivity contribution in [3.8, 4) is 0 Å². The molecule has 1 atom stereocenters. The topological polar surface area (TPSA) is 69.0 Å². The first-order valence-electron chi connectivity index (χ1n) is 6.03. The van der Waals surface area contributed by atoms with Crippen molar-refractivity contribution in [2.45, 2.75) is 26.3 Å². The maximum atomic E-state index is 11.6. The minimum atomic E-state index is -0.194. The van der Waals surface area contributed by atoms with Crippen LogP contribution in [0.5, 0.6) is 0 Å². The lowest BCUT2D eigenvalue weighted by Gasteiger charge is -2.11. The third-order valence-corrected chi connectivity index (χ3v) is 2.95. The Balaban J connectivity index is 2.02. The van der Waals surface area contributed by atoms with Crippen molar-refractivity contribution < 1.29 is 9.63 Å². The molecule has 0 radical (unpaired) electrons. The summed E-state index contributed by atoms with van der Waals surface area (Å²) in [5, 5.41) is 11.1. The first-order valence-corrected chi connectivity index (χ1v) is 6.41. The lowest BCUT2D eigenvalue weighted by atomic mass is 10.2. The quantitative estimate of drug-likeness (QED) is 0.901. The molecule has 0 saturated heterocycles. The highest BCUT2D eigenvalue weighted by atomic mass is 35.5. The summed E-state index contributed by atoms with van der Waals surface area (Å²) < 4.78 is 0. The molecule has 0 aliphatic heterocycles. The Hall–Kier alpha value is -1.82. The minimum absolute atomic E-state index is 0.116. The molecule has 1 amide bonds. The van der Waals surface area contributed by atoms with Gasteiger partial charge < -0.3 is 10.2 Å². The Morgan fingerprint density at radius 2 is 2.37 bits per heavy atom. The van der Waals surface area contributed by atoms with E-state index in [2.05, 4.69) is 15.6 Å². The Morgan fingerprint density at radius 1 is 1.58 bits per heavy atom. The van der Waals surface area contributed by atoms with Gasteiger partial charge in [0.25, 0.3) is 5.91 Å². The summed E-state index contributed by atoms with van der Waals surface area (Å²) >= 11 is 5.89. The van der Waals surface area contributed by atoms with Crippen LogP contribution in [0.15, 0.2) is 18.2 Å². The molecule has 7 heteroatoms. The van der Waals surface area contributed by atoms with Crippen LogP contribution in [0.3, 0.4) is 0 Å². The molecule has 0 fully saturated rings. The van der Waals surface area contributed by atoms with E-state index in [0.717, 1.165) is 6.42 Å². The van der Waals surface area contributed by atoms with E-state index in [1.54, 1.807) is 18.2 Å².